The normalized spacial score (nSPS) is 11.0. The molecule has 144 valence electrons. The van der Waals surface area contributed by atoms with Crippen molar-refractivity contribution in [3.8, 4) is 17.7 Å². The standard InChI is InChI=1S/C20H20N4O4/c1-4-17(28-20(22)26)19(25)24-14-6-8-18(23-11-14)27-15-7-5-13(10-21)16(9-15)12(2)3/h5-9,11,17H,2,4H2,1,3H3,(H2,22,26)(H,24,25)/t17-/m1/s1. The number of carbonyl (C=O) groups is 2. The number of carbonyl (C=O) groups excluding carboxylic acids is 2. The van der Waals surface area contributed by atoms with Gasteiger partial charge in [-0.25, -0.2) is 9.78 Å². The molecule has 8 heteroatoms. The lowest BCUT2D eigenvalue weighted by molar-refractivity contribution is -0.124. The molecule has 2 aromatic rings. The molecule has 8 nitrogen and oxygen atoms in total. The van der Waals surface area contributed by atoms with Crippen molar-refractivity contribution in [3.63, 3.8) is 0 Å². The monoisotopic (exact) mass is 380 g/mol. The van der Waals surface area contributed by atoms with Gasteiger partial charge in [0.15, 0.2) is 6.10 Å². The van der Waals surface area contributed by atoms with Crippen LogP contribution in [-0.4, -0.2) is 23.1 Å². The van der Waals surface area contributed by atoms with Gasteiger partial charge in [0.1, 0.15) is 5.75 Å². The van der Waals surface area contributed by atoms with Crippen LogP contribution in [-0.2, 0) is 9.53 Å². The average Bonchev–Trinajstić information content (AvgIpc) is 2.67. The predicted molar refractivity (Wildman–Crippen MR) is 104 cm³/mol. The maximum Gasteiger partial charge on any atom is 0.405 e. The average molecular weight is 380 g/mol. The lowest BCUT2D eigenvalue weighted by atomic mass is 10.0. The second-order valence-corrected chi connectivity index (χ2v) is 5.91. The van der Waals surface area contributed by atoms with Crippen LogP contribution in [0.3, 0.4) is 0 Å². The number of aromatic nitrogens is 1. The third kappa shape index (κ3) is 5.32. The molecule has 0 aliphatic carbocycles. The summed E-state index contributed by atoms with van der Waals surface area (Å²) < 4.78 is 10.4. The van der Waals surface area contributed by atoms with Crippen LogP contribution < -0.4 is 15.8 Å². The van der Waals surface area contributed by atoms with Crippen molar-refractivity contribution in [2.75, 3.05) is 5.32 Å². The van der Waals surface area contributed by atoms with E-state index in [4.69, 9.17) is 20.5 Å². The third-order valence-electron chi connectivity index (χ3n) is 3.72. The predicted octanol–water partition coefficient (Wildman–Crippen LogP) is 3.59. The van der Waals surface area contributed by atoms with E-state index >= 15 is 0 Å². The number of nitriles is 1. The number of nitrogens with two attached hydrogens (primary N) is 1. The molecular formula is C20H20N4O4. The zero-order valence-electron chi connectivity index (χ0n) is 15.6. The van der Waals surface area contributed by atoms with Crippen molar-refractivity contribution in [3.05, 3.63) is 54.2 Å². The van der Waals surface area contributed by atoms with Gasteiger partial charge in [0.05, 0.1) is 23.5 Å². The van der Waals surface area contributed by atoms with E-state index in [2.05, 4.69) is 22.9 Å². The Hall–Kier alpha value is -3.86. The van der Waals surface area contributed by atoms with E-state index in [9.17, 15) is 9.59 Å². The Morgan fingerprint density at radius 3 is 2.64 bits per heavy atom. The molecule has 1 aromatic heterocycles. The van der Waals surface area contributed by atoms with Gasteiger partial charge in [-0.3, -0.25) is 4.79 Å². The van der Waals surface area contributed by atoms with Gasteiger partial charge in [0, 0.05) is 6.07 Å². The Morgan fingerprint density at radius 1 is 1.36 bits per heavy atom. The van der Waals surface area contributed by atoms with Crippen LogP contribution in [0, 0.1) is 11.3 Å². The number of benzene rings is 1. The lowest BCUT2D eigenvalue weighted by Gasteiger charge is -2.14. The number of primary amides is 1. The minimum Gasteiger partial charge on any atom is -0.439 e. The first-order valence-electron chi connectivity index (χ1n) is 8.45. The maximum atomic E-state index is 12.1. The summed E-state index contributed by atoms with van der Waals surface area (Å²) in [4.78, 5) is 27.0. The number of pyridine rings is 1. The minimum absolute atomic E-state index is 0.285. The summed E-state index contributed by atoms with van der Waals surface area (Å²) in [5.74, 6) is 0.299. The number of amides is 2. The summed E-state index contributed by atoms with van der Waals surface area (Å²) in [6.07, 6.45) is -0.297. The fraction of sp³-hybridized carbons (Fsp3) is 0.200. The molecule has 2 rings (SSSR count). The number of nitrogens with one attached hydrogen (secondary N) is 1. The number of nitrogens with zero attached hydrogens (tertiary/aromatic N) is 2. The van der Waals surface area contributed by atoms with Crippen LogP contribution in [0.15, 0.2) is 43.1 Å². The molecular weight excluding hydrogens is 360 g/mol. The highest BCUT2D eigenvalue weighted by Crippen LogP contribution is 2.26. The molecule has 1 aromatic carbocycles. The molecule has 0 radical (unpaired) electrons. The van der Waals surface area contributed by atoms with Crippen molar-refractivity contribution in [2.24, 2.45) is 5.73 Å². The fourth-order valence-electron chi connectivity index (χ4n) is 2.36. The van der Waals surface area contributed by atoms with Gasteiger partial charge in [-0.2, -0.15) is 5.26 Å². The van der Waals surface area contributed by atoms with E-state index in [1.807, 2.05) is 0 Å². The first-order valence-corrected chi connectivity index (χ1v) is 8.45. The van der Waals surface area contributed by atoms with Gasteiger partial charge < -0.3 is 20.5 Å². The van der Waals surface area contributed by atoms with Gasteiger partial charge in [0.25, 0.3) is 5.91 Å². The highest BCUT2D eigenvalue weighted by atomic mass is 16.6. The molecule has 28 heavy (non-hydrogen) atoms. The number of rotatable bonds is 7. The van der Waals surface area contributed by atoms with Gasteiger partial charge in [0.2, 0.25) is 5.88 Å². The van der Waals surface area contributed by atoms with E-state index in [-0.39, 0.29) is 6.42 Å². The van der Waals surface area contributed by atoms with E-state index in [1.54, 1.807) is 44.2 Å². The van der Waals surface area contributed by atoms with Crippen molar-refractivity contribution >= 4 is 23.3 Å². The summed E-state index contributed by atoms with van der Waals surface area (Å²) in [5.41, 5.74) is 7.31. The number of hydrogen-bond acceptors (Lipinski definition) is 6. The number of allylic oxidation sites excluding steroid dienone is 1. The van der Waals surface area contributed by atoms with Crippen molar-refractivity contribution < 1.29 is 19.1 Å². The highest BCUT2D eigenvalue weighted by molar-refractivity contribution is 5.95. The molecule has 0 fully saturated rings. The van der Waals surface area contributed by atoms with Crippen LogP contribution in [0.25, 0.3) is 5.57 Å². The van der Waals surface area contributed by atoms with Crippen LogP contribution in [0.5, 0.6) is 11.6 Å². The second kappa shape index (κ2) is 9.19. The number of hydrogen-bond donors (Lipinski definition) is 2. The zero-order chi connectivity index (χ0) is 20.7. The summed E-state index contributed by atoms with van der Waals surface area (Å²) in [6.45, 7) is 7.36. The first-order chi connectivity index (χ1) is 13.3. The third-order valence-corrected chi connectivity index (χ3v) is 3.72. The smallest absolute Gasteiger partial charge is 0.405 e. The van der Waals surface area contributed by atoms with E-state index in [0.29, 0.717) is 28.4 Å². The molecule has 2 amide bonds. The Labute approximate surface area is 162 Å². The van der Waals surface area contributed by atoms with E-state index in [1.165, 1.54) is 6.20 Å². The van der Waals surface area contributed by atoms with Gasteiger partial charge >= 0.3 is 6.09 Å². The van der Waals surface area contributed by atoms with Crippen LogP contribution in [0.2, 0.25) is 0 Å². The molecule has 1 heterocycles. The summed E-state index contributed by atoms with van der Waals surface area (Å²) in [5, 5.41) is 11.7. The fourth-order valence-corrected chi connectivity index (χ4v) is 2.36. The number of anilines is 1. The van der Waals surface area contributed by atoms with Crippen LogP contribution in [0.1, 0.15) is 31.4 Å². The van der Waals surface area contributed by atoms with E-state index < -0.39 is 18.1 Å². The molecule has 0 saturated heterocycles. The van der Waals surface area contributed by atoms with Crippen molar-refractivity contribution in [1.29, 1.82) is 5.26 Å². The SMILES string of the molecule is C=C(C)c1cc(Oc2ccc(NC(=O)[C@@H](CC)OC(N)=O)cn2)ccc1C#N. The zero-order valence-corrected chi connectivity index (χ0v) is 15.6. The van der Waals surface area contributed by atoms with Gasteiger partial charge in [-0.1, -0.05) is 13.5 Å². The quantitative estimate of drug-likeness (QED) is 0.755. The highest BCUT2D eigenvalue weighted by Gasteiger charge is 2.20. The molecule has 0 spiro atoms. The Bertz CT molecular complexity index is 932. The molecule has 0 aliphatic heterocycles. The lowest BCUT2D eigenvalue weighted by Crippen LogP contribution is -2.33. The van der Waals surface area contributed by atoms with Gasteiger partial charge in [-0.15, -0.1) is 0 Å². The van der Waals surface area contributed by atoms with E-state index in [0.717, 1.165) is 5.57 Å². The Balaban J connectivity index is 2.08. The second-order valence-electron chi connectivity index (χ2n) is 5.91. The number of ether oxygens (including phenoxy) is 2. The molecule has 0 saturated carbocycles. The molecule has 3 N–H and O–H groups in total. The van der Waals surface area contributed by atoms with Gasteiger partial charge in [-0.05, 0) is 48.7 Å². The minimum atomic E-state index is -1.01. The Kier molecular flexibility index (Phi) is 6.71. The molecule has 0 unspecified atom stereocenters. The van der Waals surface area contributed by atoms with Crippen LogP contribution >= 0.6 is 0 Å². The maximum absolute atomic E-state index is 12.1. The largest absolute Gasteiger partial charge is 0.439 e. The first kappa shape index (κ1) is 20.5. The van der Waals surface area contributed by atoms with Crippen molar-refractivity contribution in [2.45, 2.75) is 26.4 Å². The Morgan fingerprint density at radius 2 is 2.11 bits per heavy atom. The topological polar surface area (TPSA) is 127 Å². The summed E-state index contributed by atoms with van der Waals surface area (Å²) in [7, 11) is 0. The summed E-state index contributed by atoms with van der Waals surface area (Å²) >= 11 is 0. The molecule has 1 atom stereocenters. The van der Waals surface area contributed by atoms with Crippen molar-refractivity contribution in [1.82, 2.24) is 4.98 Å². The van der Waals surface area contributed by atoms with Crippen LogP contribution in [0.4, 0.5) is 10.5 Å². The summed E-state index contributed by atoms with van der Waals surface area (Å²) in [6, 6.07) is 10.3. The molecule has 0 bridgehead atoms. The molecule has 0 aliphatic rings.